The molecule has 20 heavy (non-hydrogen) atoms. The van der Waals surface area contributed by atoms with Crippen molar-refractivity contribution in [2.75, 3.05) is 19.6 Å². The van der Waals surface area contributed by atoms with Gasteiger partial charge in [0.2, 0.25) is 0 Å². The number of hydrogen-bond donors (Lipinski definition) is 1. The van der Waals surface area contributed by atoms with E-state index in [1.54, 1.807) is 0 Å². The van der Waals surface area contributed by atoms with Crippen molar-refractivity contribution in [1.82, 2.24) is 14.5 Å². The largest absolute Gasteiger partial charge is 0.331 e. The highest BCUT2D eigenvalue weighted by atomic mass is 32.1. The summed E-state index contributed by atoms with van der Waals surface area (Å²) in [6, 6.07) is 7.11. The number of hydrogen-bond acceptors (Lipinski definition) is 2. The molecule has 0 radical (unpaired) electrons. The molecule has 1 aromatic heterocycles. The van der Waals surface area contributed by atoms with Crippen LogP contribution in [0.2, 0.25) is 0 Å². The normalized spacial score (nSPS) is 17.9. The summed E-state index contributed by atoms with van der Waals surface area (Å²) < 4.78 is 3.22. The molecule has 0 unspecified atom stereocenters. The van der Waals surface area contributed by atoms with E-state index in [2.05, 4.69) is 46.5 Å². The third-order valence-corrected chi connectivity index (χ3v) is 4.63. The molecule has 0 saturated carbocycles. The Morgan fingerprint density at radius 1 is 1.30 bits per heavy atom. The fourth-order valence-electron chi connectivity index (χ4n) is 3.32. The van der Waals surface area contributed by atoms with Crippen molar-refractivity contribution in [3.05, 3.63) is 28.5 Å². The lowest BCUT2D eigenvalue weighted by Crippen LogP contribution is -2.35. The van der Waals surface area contributed by atoms with Crippen LogP contribution < -0.4 is 0 Å². The van der Waals surface area contributed by atoms with Crippen LogP contribution in [0.5, 0.6) is 0 Å². The van der Waals surface area contributed by atoms with Gasteiger partial charge in [0, 0.05) is 19.1 Å². The van der Waals surface area contributed by atoms with Gasteiger partial charge >= 0.3 is 0 Å². The number of rotatable bonds is 3. The number of imidazole rings is 1. The van der Waals surface area contributed by atoms with Gasteiger partial charge in [-0.25, -0.2) is 0 Å². The second-order valence-electron chi connectivity index (χ2n) is 5.89. The van der Waals surface area contributed by atoms with Gasteiger partial charge in [-0.2, -0.15) is 0 Å². The highest BCUT2D eigenvalue weighted by Gasteiger charge is 2.22. The van der Waals surface area contributed by atoms with Gasteiger partial charge in [-0.05, 0) is 62.6 Å². The number of H-pyrrole nitrogens is 1. The van der Waals surface area contributed by atoms with Crippen molar-refractivity contribution >= 4 is 23.3 Å². The van der Waals surface area contributed by atoms with E-state index in [0.29, 0.717) is 6.04 Å². The van der Waals surface area contributed by atoms with Crippen molar-refractivity contribution in [2.45, 2.75) is 39.2 Å². The number of benzene rings is 1. The fourth-order valence-corrected chi connectivity index (χ4v) is 3.68. The highest BCUT2D eigenvalue weighted by molar-refractivity contribution is 7.71. The predicted molar refractivity (Wildman–Crippen MR) is 86.9 cm³/mol. The zero-order valence-corrected chi connectivity index (χ0v) is 13.2. The monoisotopic (exact) mass is 289 g/mol. The van der Waals surface area contributed by atoms with Crippen LogP contribution >= 0.6 is 12.2 Å². The first-order chi connectivity index (χ1) is 9.69. The summed E-state index contributed by atoms with van der Waals surface area (Å²) in [5.74, 6) is 0. The maximum atomic E-state index is 5.55. The van der Waals surface area contributed by atoms with Gasteiger partial charge in [0.25, 0.3) is 0 Å². The van der Waals surface area contributed by atoms with Gasteiger partial charge < -0.3 is 14.5 Å². The highest BCUT2D eigenvalue weighted by Crippen LogP contribution is 2.27. The van der Waals surface area contributed by atoms with Crippen LogP contribution in [0.1, 0.15) is 37.8 Å². The number of nitrogens with zero attached hydrogens (tertiary/aromatic N) is 2. The van der Waals surface area contributed by atoms with E-state index >= 15 is 0 Å². The van der Waals surface area contributed by atoms with E-state index < -0.39 is 0 Å². The lowest BCUT2D eigenvalue weighted by atomic mass is 10.0. The SMILES string of the molecule is CCCN1CCC(n2c(=S)[nH]c3cc(C)ccc32)CC1. The molecule has 108 valence electrons. The molecular weight excluding hydrogens is 266 g/mol. The molecule has 4 heteroatoms. The Balaban J connectivity index is 1.88. The number of fused-ring (bicyclic) bond motifs is 1. The summed E-state index contributed by atoms with van der Waals surface area (Å²) in [6.45, 7) is 7.99. The maximum Gasteiger partial charge on any atom is 0.178 e. The molecule has 3 nitrogen and oxygen atoms in total. The first kappa shape index (κ1) is 13.8. The van der Waals surface area contributed by atoms with E-state index in [1.807, 2.05) is 0 Å². The van der Waals surface area contributed by atoms with Crippen LogP contribution in [0.25, 0.3) is 11.0 Å². The topological polar surface area (TPSA) is 24.0 Å². The summed E-state index contributed by atoms with van der Waals surface area (Å²) in [6.07, 6.45) is 3.65. The van der Waals surface area contributed by atoms with Crippen LogP contribution in [0, 0.1) is 11.7 Å². The van der Waals surface area contributed by atoms with Crippen molar-refractivity contribution in [2.24, 2.45) is 0 Å². The molecule has 0 aliphatic carbocycles. The average Bonchev–Trinajstić information content (AvgIpc) is 2.75. The van der Waals surface area contributed by atoms with E-state index in [4.69, 9.17) is 12.2 Å². The van der Waals surface area contributed by atoms with Gasteiger partial charge in [0.1, 0.15) is 0 Å². The Kier molecular flexibility index (Phi) is 3.94. The number of aromatic nitrogens is 2. The maximum absolute atomic E-state index is 5.55. The molecule has 2 aromatic rings. The first-order valence-electron chi connectivity index (χ1n) is 7.62. The van der Waals surface area contributed by atoms with Crippen LogP contribution in [0.4, 0.5) is 0 Å². The summed E-state index contributed by atoms with van der Waals surface area (Å²) in [5, 5.41) is 0. The van der Waals surface area contributed by atoms with Crippen molar-refractivity contribution in [3.63, 3.8) is 0 Å². The zero-order chi connectivity index (χ0) is 14.1. The molecule has 1 fully saturated rings. The Morgan fingerprint density at radius 3 is 2.75 bits per heavy atom. The zero-order valence-electron chi connectivity index (χ0n) is 12.4. The van der Waals surface area contributed by atoms with E-state index in [1.165, 1.54) is 55.5 Å². The van der Waals surface area contributed by atoms with Gasteiger partial charge in [-0.3, -0.25) is 0 Å². The molecule has 1 N–H and O–H groups in total. The molecule has 0 spiro atoms. The summed E-state index contributed by atoms with van der Waals surface area (Å²) in [4.78, 5) is 5.93. The third kappa shape index (κ3) is 2.54. The van der Waals surface area contributed by atoms with Gasteiger partial charge in [-0.1, -0.05) is 13.0 Å². The molecule has 0 atom stereocenters. The molecule has 0 amide bonds. The number of likely N-dealkylation sites (tertiary alicyclic amines) is 1. The lowest BCUT2D eigenvalue weighted by Gasteiger charge is -2.32. The smallest absolute Gasteiger partial charge is 0.178 e. The Bertz CT molecular complexity index is 647. The van der Waals surface area contributed by atoms with Gasteiger partial charge in [0.15, 0.2) is 4.77 Å². The van der Waals surface area contributed by atoms with Crippen LogP contribution in [-0.2, 0) is 0 Å². The quantitative estimate of drug-likeness (QED) is 0.862. The minimum absolute atomic E-state index is 0.548. The Labute approximate surface area is 125 Å². The minimum atomic E-state index is 0.548. The molecule has 0 bridgehead atoms. The minimum Gasteiger partial charge on any atom is -0.331 e. The van der Waals surface area contributed by atoms with Gasteiger partial charge in [0.05, 0.1) is 11.0 Å². The number of aromatic amines is 1. The average molecular weight is 289 g/mol. The molecule has 1 aliphatic rings. The second kappa shape index (κ2) is 5.70. The van der Waals surface area contributed by atoms with Crippen molar-refractivity contribution < 1.29 is 0 Å². The third-order valence-electron chi connectivity index (χ3n) is 4.33. The number of aryl methyl sites for hydroxylation is 1. The summed E-state index contributed by atoms with van der Waals surface area (Å²) in [7, 11) is 0. The van der Waals surface area contributed by atoms with E-state index in [9.17, 15) is 0 Å². The van der Waals surface area contributed by atoms with Crippen LogP contribution in [0.15, 0.2) is 18.2 Å². The van der Waals surface area contributed by atoms with Crippen LogP contribution in [-0.4, -0.2) is 34.1 Å². The molecule has 1 aliphatic heterocycles. The standard InChI is InChI=1S/C16H23N3S/c1-3-8-18-9-6-13(7-10-18)19-15-5-4-12(2)11-14(15)17-16(19)20/h4-5,11,13H,3,6-10H2,1-2H3,(H,17,20). The predicted octanol–water partition coefficient (Wildman–Crippen LogP) is 4.05. The molecule has 1 aromatic carbocycles. The number of nitrogens with one attached hydrogen (secondary N) is 1. The van der Waals surface area contributed by atoms with Crippen LogP contribution in [0.3, 0.4) is 0 Å². The summed E-state index contributed by atoms with van der Waals surface area (Å²) in [5.41, 5.74) is 3.71. The van der Waals surface area contributed by atoms with Gasteiger partial charge in [-0.15, -0.1) is 0 Å². The molecule has 1 saturated heterocycles. The Hall–Kier alpha value is -1.13. The molecular formula is C16H23N3S. The Morgan fingerprint density at radius 2 is 2.05 bits per heavy atom. The van der Waals surface area contributed by atoms with Crippen molar-refractivity contribution in [1.29, 1.82) is 0 Å². The molecule has 3 rings (SSSR count). The van der Waals surface area contributed by atoms with E-state index in [0.717, 1.165) is 4.77 Å². The number of piperidine rings is 1. The summed E-state index contributed by atoms with van der Waals surface area (Å²) >= 11 is 5.55. The lowest BCUT2D eigenvalue weighted by molar-refractivity contribution is 0.188. The fraction of sp³-hybridized carbons (Fsp3) is 0.562. The second-order valence-corrected chi connectivity index (χ2v) is 6.28. The molecule has 2 heterocycles. The van der Waals surface area contributed by atoms with Crippen molar-refractivity contribution in [3.8, 4) is 0 Å². The first-order valence-corrected chi connectivity index (χ1v) is 8.03. The van der Waals surface area contributed by atoms with E-state index in [-0.39, 0.29) is 0 Å².